The summed E-state index contributed by atoms with van der Waals surface area (Å²) >= 11 is 0. The Bertz CT molecular complexity index is 1710. The lowest BCUT2D eigenvalue weighted by molar-refractivity contribution is -0.304. The third-order valence-corrected chi connectivity index (χ3v) is 8.04. The molecular weight excluding hydrogens is 592 g/mol. The molecule has 2 aliphatic rings. The summed E-state index contributed by atoms with van der Waals surface area (Å²) in [6, 6.07) is 7.57. The minimum Gasteiger partial charge on any atom is -0.505 e. The molecule has 6 N–H and O–H groups in total. The Morgan fingerprint density at radius 2 is 1.89 bits per heavy atom. The van der Waals surface area contributed by atoms with Crippen LogP contribution in [0.3, 0.4) is 0 Å². The van der Waals surface area contributed by atoms with Gasteiger partial charge < -0.3 is 54.5 Å². The Hall–Kier alpha value is -4.37. The van der Waals surface area contributed by atoms with Crippen LogP contribution in [-0.2, 0) is 20.6 Å². The summed E-state index contributed by atoms with van der Waals surface area (Å²) in [6.07, 6.45) is -6.20. The van der Waals surface area contributed by atoms with Crippen LogP contribution in [0.15, 0.2) is 39.5 Å². The third-order valence-electron chi connectivity index (χ3n) is 8.04. The van der Waals surface area contributed by atoms with E-state index in [1.807, 2.05) is 0 Å². The number of nitrogens with one attached hydrogen (secondary N) is 1. The van der Waals surface area contributed by atoms with Crippen molar-refractivity contribution < 1.29 is 53.0 Å². The molecular formula is C31H36N2O12. The number of anilines is 1. The molecule has 45 heavy (non-hydrogen) atoms. The van der Waals surface area contributed by atoms with Crippen molar-refractivity contribution in [2.24, 2.45) is 5.73 Å². The zero-order valence-corrected chi connectivity index (χ0v) is 25.6. The van der Waals surface area contributed by atoms with E-state index in [4.69, 9.17) is 33.8 Å². The largest absolute Gasteiger partial charge is 0.505 e. The third kappa shape index (κ3) is 6.01. The number of aliphatic hydroxyl groups excluding tert-OH is 1. The quantitative estimate of drug-likeness (QED) is 0.239. The molecule has 2 amide bonds. The predicted octanol–water partition coefficient (Wildman–Crippen LogP) is 2.49. The summed E-state index contributed by atoms with van der Waals surface area (Å²) < 4.78 is 33.7. The van der Waals surface area contributed by atoms with Gasteiger partial charge in [-0.1, -0.05) is 0 Å². The van der Waals surface area contributed by atoms with Crippen molar-refractivity contribution in [1.82, 2.24) is 0 Å². The van der Waals surface area contributed by atoms with Gasteiger partial charge in [-0.2, -0.15) is 0 Å². The highest BCUT2D eigenvalue weighted by molar-refractivity contribution is 6.06. The summed E-state index contributed by atoms with van der Waals surface area (Å²) in [5.41, 5.74) is 2.70. The normalized spacial score (nSPS) is 24.0. The van der Waals surface area contributed by atoms with Crippen LogP contribution < -0.4 is 26.1 Å². The first-order chi connectivity index (χ1) is 21.0. The molecule has 3 aromatic rings. The summed E-state index contributed by atoms with van der Waals surface area (Å²) in [7, 11) is 1.37. The number of benzene rings is 2. The summed E-state index contributed by atoms with van der Waals surface area (Å²) in [6.45, 7) is 8.14. The van der Waals surface area contributed by atoms with Crippen LogP contribution in [0.25, 0.3) is 11.0 Å². The van der Waals surface area contributed by atoms with Gasteiger partial charge in [0.1, 0.15) is 29.3 Å². The zero-order chi connectivity index (χ0) is 33.0. The Morgan fingerprint density at radius 1 is 1.18 bits per heavy atom. The molecule has 0 saturated carbocycles. The van der Waals surface area contributed by atoms with Crippen LogP contribution in [0.1, 0.15) is 49.2 Å². The van der Waals surface area contributed by atoms with Crippen LogP contribution in [-0.4, -0.2) is 76.3 Å². The number of ether oxygens (including phenoxy) is 5. The van der Waals surface area contributed by atoms with Gasteiger partial charge in [-0.25, -0.2) is 9.59 Å². The first-order valence-corrected chi connectivity index (χ1v) is 14.2. The lowest BCUT2D eigenvalue weighted by atomic mass is 9.89. The number of primary amides is 1. The van der Waals surface area contributed by atoms with Crippen molar-refractivity contribution in [2.75, 3.05) is 12.4 Å². The lowest BCUT2D eigenvalue weighted by Gasteiger charge is -2.47. The molecule has 5 rings (SSSR count). The number of aromatic hydroxyl groups is 1. The maximum absolute atomic E-state index is 13.1. The van der Waals surface area contributed by atoms with E-state index in [-0.39, 0.29) is 27.8 Å². The van der Waals surface area contributed by atoms with Crippen molar-refractivity contribution >= 4 is 28.7 Å². The summed E-state index contributed by atoms with van der Waals surface area (Å²) in [5, 5.41) is 34.8. The fourth-order valence-electron chi connectivity index (χ4n) is 5.64. The Labute approximate surface area is 257 Å². The number of amides is 2. The van der Waals surface area contributed by atoms with E-state index >= 15 is 0 Å². The molecule has 2 aliphatic heterocycles. The molecule has 0 spiro atoms. The highest BCUT2D eigenvalue weighted by atomic mass is 16.7. The molecule has 1 aromatic heterocycles. The minimum atomic E-state index is -1.52. The number of aryl methyl sites for hydroxylation is 1. The Balaban J connectivity index is 1.40. The molecule has 0 aliphatic carbocycles. The molecule has 1 saturated heterocycles. The van der Waals surface area contributed by atoms with Crippen molar-refractivity contribution in [3.8, 4) is 17.2 Å². The van der Waals surface area contributed by atoms with E-state index in [1.54, 1.807) is 46.8 Å². The number of hydrogen-bond acceptors (Lipinski definition) is 12. The zero-order valence-electron chi connectivity index (χ0n) is 25.6. The lowest BCUT2D eigenvalue weighted by Crippen LogP contribution is -2.65. The highest BCUT2D eigenvalue weighted by Crippen LogP contribution is 2.39. The molecule has 3 heterocycles. The number of carbonyl (C=O) groups is 2. The maximum atomic E-state index is 13.1. The number of hydrogen-bond donors (Lipinski definition) is 5. The molecule has 0 radical (unpaired) electrons. The van der Waals surface area contributed by atoms with Crippen LogP contribution in [0, 0.1) is 6.92 Å². The number of nitrogens with two attached hydrogens (primary N) is 1. The van der Waals surface area contributed by atoms with Gasteiger partial charge in [-0.3, -0.25) is 4.79 Å². The van der Waals surface area contributed by atoms with Crippen LogP contribution in [0.2, 0.25) is 0 Å². The highest BCUT2D eigenvalue weighted by Gasteiger charge is 2.53. The molecule has 14 heteroatoms. The molecule has 0 bridgehead atoms. The minimum absolute atomic E-state index is 0.0374. The van der Waals surface area contributed by atoms with Gasteiger partial charge >= 0.3 is 11.7 Å². The van der Waals surface area contributed by atoms with Crippen molar-refractivity contribution in [3.63, 3.8) is 0 Å². The molecule has 2 aromatic carbocycles. The number of aliphatic hydroxyl groups is 2. The standard InChI is InChI=1S/C31H36N2O12/c1-13-17(42-28-22(35)24(44-29(32)38)25(40-6)31(4,5)45-28)10-8-16-21(34)20(27(37)43-23(13)16)33-26(36)14-7-9-18-15(11-14)12-19(41-18)30(2,3)39/h7-11,19,22,24-25,28,34-35,39H,12H2,1-6H3,(H2,32,38)(H,33,36)/t19?,22-,24+,25-,28-/m1/s1. The van der Waals surface area contributed by atoms with Crippen molar-refractivity contribution in [3.05, 3.63) is 57.4 Å². The van der Waals surface area contributed by atoms with E-state index in [2.05, 4.69) is 5.32 Å². The van der Waals surface area contributed by atoms with Crippen LogP contribution >= 0.6 is 0 Å². The molecule has 1 unspecified atom stereocenters. The van der Waals surface area contributed by atoms with Crippen LogP contribution in [0.5, 0.6) is 17.2 Å². The summed E-state index contributed by atoms with van der Waals surface area (Å²) in [4.78, 5) is 37.6. The summed E-state index contributed by atoms with van der Waals surface area (Å²) in [5.74, 6) is -0.524. The molecule has 14 nitrogen and oxygen atoms in total. The van der Waals surface area contributed by atoms with Gasteiger partial charge in [0, 0.05) is 24.7 Å². The van der Waals surface area contributed by atoms with Crippen molar-refractivity contribution in [2.45, 2.75) is 82.9 Å². The second-order valence-electron chi connectivity index (χ2n) is 12.2. The Kier molecular flexibility index (Phi) is 8.21. The smallest absolute Gasteiger partial charge is 0.404 e. The van der Waals surface area contributed by atoms with E-state index in [9.17, 15) is 29.7 Å². The average molecular weight is 629 g/mol. The fourth-order valence-corrected chi connectivity index (χ4v) is 5.64. The van der Waals surface area contributed by atoms with Crippen LogP contribution in [0.4, 0.5) is 10.5 Å². The second kappa shape index (κ2) is 11.5. The topological polar surface area (TPSA) is 209 Å². The van der Waals surface area contributed by atoms with Gasteiger partial charge in [-0.15, -0.1) is 0 Å². The molecule has 1 fully saturated rings. The van der Waals surface area contributed by atoms with Gasteiger partial charge in [0.2, 0.25) is 6.29 Å². The Morgan fingerprint density at radius 3 is 2.53 bits per heavy atom. The van der Waals surface area contributed by atoms with Crippen molar-refractivity contribution in [1.29, 1.82) is 0 Å². The maximum Gasteiger partial charge on any atom is 0.404 e. The second-order valence-corrected chi connectivity index (χ2v) is 12.2. The number of methoxy groups -OCH3 is 1. The van der Waals surface area contributed by atoms with E-state index in [0.717, 1.165) is 0 Å². The molecule has 242 valence electrons. The number of fused-ring (bicyclic) bond motifs is 2. The van der Waals surface area contributed by atoms with Gasteiger partial charge in [0.05, 0.1) is 16.6 Å². The fraction of sp³-hybridized carbons (Fsp3) is 0.452. The van der Waals surface area contributed by atoms with E-state index < -0.39 is 71.0 Å². The predicted molar refractivity (Wildman–Crippen MR) is 159 cm³/mol. The molecule has 5 atom stereocenters. The number of carbonyl (C=O) groups excluding carboxylic acids is 2. The van der Waals surface area contributed by atoms with Gasteiger partial charge in [-0.05, 0) is 70.5 Å². The van der Waals surface area contributed by atoms with Gasteiger partial charge in [0.15, 0.2) is 23.6 Å². The van der Waals surface area contributed by atoms with E-state index in [1.165, 1.54) is 25.3 Å². The van der Waals surface area contributed by atoms with E-state index in [0.29, 0.717) is 17.7 Å². The number of rotatable bonds is 7. The first-order valence-electron chi connectivity index (χ1n) is 14.2. The first kappa shape index (κ1) is 32.0. The monoisotopic (exact) mass is 628 g/mol. The van der Waals surface area contributed by atoms with Gasteiger partial charge in [0.25, 0.3) is 5.91 Å². The average Bonchev–Trinajstić information content (AvgIpc) is 3.39. The SMILES string of the molecule is CO[C@@H]1[C@@H](OC(N)=O)[C@@H](O)[C@H](Oc2ccc3c(O)c(NC(=O)c4ccc5c(c4)CC(C(C)(C)O)O5)c(=O)oc3c2C)OC1(C)C.